The van der Waals surface area contributed by atoms with Gasteiger partial charge < -0.3 is 10.2 Å². The minimum absolute atomic E-state index is 0.0980. The molecule has 1 amide bonds. The van der Waals surface area contributed by atoms with Crippen LogP contribution in [0.15, 0.2) is 24.7 Å². The Hall–Kier alpha value is -2.44. The van der Waals surface area contributed by atoms with Gasteiger partial charge in [-0.25, -0.2) is 4.98 Å². The second-order valence-electron chi connectivity index (χ2n) is 6.31. The van der Waals surface area contributed by atoms with Crippen LogP contribution in [-0.2, 0) is 0 Å². The molecule has 120 valence electrons. The molecule has 7 heteroatoms. The van der Waals surface area contributed by atoms with Crippen molar-refractivity contribution in [1.29, 1.82) is 0 Å². The molecule has 23 heavy (non-hydrogen) atoms. The van der Waals surface area contributed by atoms with Crippen molar-refractivity contribution in [1.82, 2.24) is 25.5 Å². The lowest BCUT2D eigenvalue weighted by Crippen LogP contribution is -2.48. The summed E-state index contributed by atoms with van der Waals surface area (Å²) in [5.41, 5.74) is 1.57. The third-order valence-electron chi connectivity index (χ3n) is 4.48. The highest BCUT2D eigenvalue weighted by Gasteiger charge is 2.28. The number of amides is 1. The Morgan fingerprint density at radius 2 is 2.22 bits per heavy atom. The number of nitrogens with zero attached hydrogens (tertiary/aromatic N) is 4. The van der Waals surface area contributed by atoms with Crippen LogP contribution in [0.4, 0.5) is 5.82 Å². The second-order valence-corrected chi connectivity index (χ2v) is 6.31. The number of rotatable bonds is 4. The predicted octanol–water partition coefficient (Wildman–Crippen LogP) is 1.48. The first-order chi connectivity index (χ1) is 11.3. The van der Waals surface area contributed by atoms with Crippen LogP contribution in [0.2, 0.25) is 0 Å². The van der Waals surface area contributed by atoms with Crippen molar-refractivity contribution in [3.8, 4) is 0 Å². The summed E-state index contributed by atoms with van der Waals surface area (Å²) in [6, 6.07) is 2.00. The number of aromatic amines is 1. The lowest BCUT2D eigenvalue weighted by Gasteiger charge is -2.33. The van der Waals surface area contributed by atoms with Gasteiger partial charge in [0.25, 0.3) is 5.91 Å². The highest BCUT2D eigenvalue weighted by Crippen LogP contribution is 2.38. The fourth-order valence-corrected chi connectivity index (χ4v) is 3.07. The van der Waals surface area contributed by atoms with E-state index in [1.165, 1.54) is 12.8 Å². The lowest BCUT2D eigenvalue weighted by molar-refractivity contribution is 0.0928. The predicted molar refractivity (Wildman–Crippen MR) is 85.3 cm³/mol. The Balaban J connectivity index is 1.38. The van der Waals surface area contributed by atoms with Crippen LogP contribution in [0.25, 0.3) is 0 Å². The molecule has 1 saturated heterocycles. The van der Waals surface area contributed by atoms with Gasteiger partial charge in [-0.15, -0.1) is 0 Å². The SMILES string of the molecule is O=C(NC1CCCN(c2cnccn2)C1)c1cc(C2CC2)[nH]n1. The van der Waals surface area contributed by atoms with Crippen molar-refractivity contribution in [2.24, 2.45) is 0 Å². The molecule has 2 fully saturated rings. The molecule has 7 nitrogen and oxygen atoms in total. The van der Waals surface area contributed by atoms with Crippen LogP contribution < -0.4 is 10.2 Å². The zero-order valence-electron chi connectivity index (χ0n) is 12.9. The van der Waals surface area contributed by atoms with E-state index in [2.05, 4.69) is 30.4 Å². The minimum atomic E-state index is -0.0980. The summed E-state index contributed by atoms with van der Waals surface area (Å²) in [5, 5.41) is 10.2. The fraction of sp³-hybridized carbons (Fsp3) is 0.500. The third-order valence-corrected chi connectivity index (χ3v) is 4.48. The summed E-state index contributed by atoms with van der Waals surface area (Å²) in [6.07, 6.45) is 9.51. The van der Waals surface area contributed by atoms with Gasteiger partial charge in [0.1, 0.15) is 11.5 Å². The molecule has 2 N–H and O–H groups in total. The van der Waals surface area contributed by atoms with Crippen molar-refractivity contribution in [3.05, 3.63) is 36.0 Å². The number of anilines is 1. The maximum Gasteiger partial charge on any atom is 0.272 e. The number of hydrogen-bond acceptors (Lipinski definition) is 5. The van der Waals surface area contributed by atoms with Crippen LogP contribution in [0.5, 0.6) is 0 Å². The molecule has 1 aliphatic heterocycles. The summed E-state index contributed by atoms with van der Waals surface area (Å²) in [5.74, 6) is 1.34. The van der Waals surface area contributed by atoms with Gasteiger partial charge in [0.15, 0.2) is 0 Å². The maximum atomic E-state index is 12.4. The number of hydrogen-bond donors (Lipinski definition) is 2. The number of carbonyl (C=O) groups is 1. The largest absolute Gasteiger partial charge is 0.353 e. The molecule has 1 saturated carbocycles. The molecule has 1 unspecified atom stereocenters. The van der Waals surface area contributed by atoms with Gasteiger partial charge in [-0.05, 0) is 31.7 Å². The topological polar surface area (TPSA) is 86.8 Å². The molecule has 0 radical (unpaired) electrons. The molecule has 2 aromatic heterocycles. The molecule has 1 atom stereocenters. The first-order valence-electron chi connectivity index (χ1n) is 8.17. The highest BCUT2D eigenvalue weighted by molar-refractivity contribution is 5.92. The van der Waals surface area contributed by atoms with E-state index in [1.54, 1.807) is 18.6 Å². The number of aromatic nitrogens is 4. The molecule has 1 aliphatic carbocycles. The summed E-state index contributed by atoms with van der Waals surface area (Å²) < 4.78 is 0. The first kappa shape index (κ1) is 14.2. The van der Waals surface area contributed by atoms with Gasteiger partial charge in [-0.2, -0.15) is 5.10 Å². The van der Waals surface area contributed by atoms with E-state index < -0.39 is 0 Å². The standard InChI is InChI=1S/C16H20N6O/c23-16(14-8-13(20-21-14)11-3-4-11)19-12-2-1-7-22(10-12)15-9-17-5-6-18-15/h5-6,8-9,11-12H,1-4,7,10H2,(H,19,23)(H,20,21). The van der Waals surface area contributed by atoms with Gasteiger partial charge in [0.2, 0.25) is 0 Å². The Labute approximate surface area is 134 Å². The van der Waals surface area contributed by atoms with Gasteiger partial charge >= 0.3 is 0 Å². The molecule has 0 spiro atoms. The van der Waals surface area contributed by atoms with Crippen LogP contribution in [0.3, 0.4) is 0 Å². The Morgan fingerprint density at radius 3 is 3.00 bits per heavy atom. The average molecular weight is 312 g/mol. The third kappa shape index (κ3) is 3.18. The van der Waals surface area contributed by atoms with E-state index in [9.17, 15) is 4.79 Å². The summed E-state index contributed by atoms with van der Waals surface area (Å²) >= 11 is 0. The molecule has 3 heterocycles. The average Bonchev–Trinajstić information content (AvgIpc) is 3.33. The van der Waals surface area contributed by atoms with Gasteiger partial charge in [0, 0.05) is 43.1 Å². The van der Waals surface area contributed by atoms with Gasteiger partial charge in [-0.3, -0.25) is 14.9 Å². The van der Waals surface area contributed by atoms with Crippen LogP contribution in [-0.4, -0.2) is 45.2 Å². The van der Waals surface area contributed by atoms with E-state index in [4.69, 9.17) is 0 Å². The molecular formula is C16H20N6O. The monoisotopic (exact) mass is 312 g/mol. The minimum Gasteiger partial charge on any atom is -0.353 e. The quantitative estimate of drug-likeness (QED) is 0.893. The molecule has 4 rings (SSSR count). The molecular weight excluding hydrogens is 292 g/mol. The summed E-state index contributed by atoms with van der Waals surface area (Å²) in [6.45, 7) is 1.70. The Kier molecular flexibility index (Phi) is 3.69. The van der Waals surface area contributed by atoms with Crippen molar-refractivity contribution in [2.45, 2.75) is 37.6 Å². The fourth-order valence-electron chi connectivity index (χ4n) is 3.07. The molecule has 0 aromatic carbocycles. The van der Waals surface area contributed by atoms with Crippen LogP contribution in [0.1, 0.15) is 47.8 Å². The van der Waals surface area contributed by atoms with Crippen LogP contribution in [0, 0.1) is 0 Å². The second kappa shape index (κ2) is 5.98. The number of piperidine rings is 1. The van der Waals surface area contributed by atoms with Crippen molar-refractivity contribution < 1.29 is 4.79 Å². The van der Waals surface area contributed by atoms with E-state index in [0.29, 0.717) is 11.6 Å². The van der Waals surface area contributed by atoms with Crippen molar-refractivity contribution in [3.63, 3.8) is 0 Å². The smallest absolute Gasteiger partial charge is 0.272 e. The van der Waals surface area contributed by atoms with E-state index in [-0.39, 0.29) is 11.9 Å². The zero-order chi connectivity index (χ0) is 15.6. The van der Waals surface area contributed by atoms with Gasteiger partial charge in [-0.1, -0.05) is 0 Å². The van der Waals surface area contributed by atoms with Crippen LogP contribution >= 0.6 is 0 Å². The molecule has 0 bridgehead atoms. The van der Waals surface area contributed by atoms with E-state index >= 15 is 0 Å². The Morgan fingerprint density at radius 1 is 1.30 bits per heavy atom. The van der Waals surface area contributed by atoms with Gasteiger partial charge in [0.05, 0.1) is 6.20 Å². The summed E-state index contributed by atoms with van der Waals surface area (Å²) in [4.78, 5) is 23.0. The summed E-state index contributed by atoms with van der Waals surface area (Å²) in [7, 11) is 0. The molecule has 2 aromatic rings. The Bertz CT molecular complexity index is 681. The number of nitrogens with one attached hydrogen (secondary N) is 2. The van der Waals surface area contributed by atoms with Crippen molar-refractivity contribution in [2.75, 3.05) is 18.0 Å². The number of carbonyl (C=O) groups excluding carboxylic acids is 1. The number of H-pyrrole nitrogens is 1. The van der Waals surface area contributed by atoms with E-state index in [0.717, 1.165) is 37.4 Å². The van der Waals surface area contributed by atoms with E-state index in [1.807, 2.05) is 6.07 Å². The normalized spacial score (nSPS) is 21.2. The first-order valence-corrected chi connectivity index (χ1v) is 8.17. The maximum absolute atomic E-state index is 12.4. The lowest BCUT2D eigenvalue weighted by atomic mass is 10.1. The highest BCUT2D eigenvalue weighted by atomic mass is 16.2. The molecule has 2 aliphatic rings. The zero-order valence-corrected chi connectivity index (χ0v) is 12.9. The van der Waals surface area contributed by atoms with Crippen molar-refractivity contribution >= 4 is 11.7 Å².